The van der Waals surface area contributed by atoms with Gasteiger partial charge in [0.2, 0.25) is 5.96 Å². The first kappa shape index (κ1) is 20.4. The number of fused-ring (bicyclic) bond motifs is 1. The average molecular weight is 441 g/mol. The van der Waals surface area contributed by atoms with Crippen molar-refractivity contribution in [2.45, 2.75) is 13.0 Å². The topological polar surface area (TPSA) is 91.5 Å². The number of carbonyl (C=O) groups excluding carboxylic acids is 1. The maximum Gasteiger partial charge on any atom is 0.302 e. The molecule has 7 nitrogen and oxygen atoms in total. The third-order valence-electron chi connectivity index (χ3n) is 5.24. The summed E-state index contributed by atoms with van der Waals surface area (Å²) >= 11 is 0. The number of para-hydroxylation sites is 3. The number of hydrogen-bond donors (Lipinski definition) is 3. The monoisotopic (exact) mass is 441 g/mol. The molecule has 3 aromatic carbocycles. The van der Waals surface area contributed by atoms with Crippen LogP contribution in [0.3, 0.4) is 0 Å². The summed E-state index contributed by atoms with van der Waals surface area (Å²) in [5.41, 5.74) is 3.08. The Morgan fingerprint density at radius 2 is 1.73 bits per heavy atom. The number of hydrogen-bond acceptors (Lipinski definition) is 6. The Morgan fingerprint density at radius 3 is 2.52 bits per heavy atom. The summed E-state index contributed by atoms with van der Waals surface area (Å²) in [4.78, 5) is 22.2. The molecule has 0 unspecified atom stereocenters. The zero-order valence-corrected chi connectivity index (χ0v) is 17.7. The van der Waals surface area contributed by atoms with Crippen LogP contribution in [0.1, 0.15) is 18.5 Å². The van der Waals surface area contributed by atoms with Crippen molar-refractivity contribution >= 4 is 34.7 Å². The van der Waals surface area contributed by atoms with Gasteiger partial charge in [-0.15, -0.1) is 0 Å². The summed E-state index contributed by atoms with van der Waals surface area (Å²) in [6.07, 6.45) is 0. The van der Waals surface area contributed by atoms with Crippen LogP contribution in [0.4, 0.5) is 16.1 Å². The van der Waals surface area contributed by atoms with Gasteiger partial charge in [0.25, 0.3) is 5.91 Å². The van der Waals surface area contributed by atoms with Crippen molar-refractivity contribution in [3.63, 3.8) is 0 Å². The molecule has 33 heavy (non-hydrogen) atoms. The van der Waals surface area contributed by atoms with E-state index in [1.165, 1.54) is 6.07 Å². The normalized spacial score (nSPS) is 15.7. The minimum absolute atomic E-state index is 0.236. The zero-order valence-electron chi connectivity index (χ0n) is 17.7. The van der Waals surface area contributed by atoms with E-state index in [1.807, 2.05) is 42.5 Å². The molecule has 1 aliphatic heterocycles. The van der Waals surface area contributed by atoms with Crippen LogP contribution in [0, 0.1) is 5.82 Å². The van der Waals surface area contributed by atoms with E-state index < -0.39 is 11.9 Å². The first-order valence-corrected chi connectivity index (χ1v) is 10.4. The molecule has 1 amide bonds. The van der Waals surface area contributed by atoms with Crippen molar-refractivity contribution in [1.82, 2.24) is 10.3 Å². The van der Waals surface area contributed by atoms with Gasteiger partial charge in [0, 0.05) is 16.9 Å². The number of rotatable bonds is 4. The van der Waals surface area contributed by atoms with Crippen molar-refractivity contribution in [3.05, 3.63) is 102 Å². The largest absolute Gasteiger partial charge is 0.423 e. The first-order valence-electron chi connectivity index (χ1n) is 10.4. The quantitative estimate of drug-likeness (QED) is 0.415. The van der Waals surface area contributed by atoms with Crippen LogP contribution in [0.15, 0.2) is 99.5 Å². The second-order valence-corrected chi connectivity index (χ2v) is 7.50. The molecule has 4 aromatic rings. The van der Waals surface area contributed by atoms with Gasteiger partial charge in [-0.2, -0.15) is 4.98 Å². The molecule has 1 aliphatic rings. The van der Waals surface area contributed by atoms with Crippen molar-refractivity contribution < 1.29 is 13.6 Å². The number of aromatic nitrogens is 1. The third kappa shape index (κ3) is 4.18. The molecule has 8 heteroatoms. The second kappa shape index (κ2) is 8.58. The van der Waals surface area contributed by atoms with Crippen LogP contribution in [0.25, 0.3) is 11.1 Å². The number of amides is 1. The van der Waals surface area contributed by atoms with Crippen molar-refractivity contribution in [1.29, 1.82) is 0 Å². The number of nitrogens with zero attached hydrogens (tertiary/aromatic N) is 2. The Hall–Kier alpha value is -4.46. The molecule has 1 aromatic heterocycles. The highest BCUT2D eigenvalue weighted by Gasteiger charge is 2.31. The second-order valence-electron chi connectivity index (χ2n) is 7.50. The Kier molecular flexibility index (Phi) is 5.32. The number of halogens is 1. The maximum atomic E-state index is 14.8. The smallest absolute Gasteiger partial charge is 0.302 e. The van der Waals surface area contributed by atoms with Gasteiger partial charge in [0.05, 0.1) is 5.57 Å². The SMILES string of the molecule is CC1=C(C(=O)Nc2ccccc2)[C@@H](c2ccccc2F)N=C(Nc2nc3ccccc3o2)N1. The molecule has 2 heterocycles. The Balaban J connectivity index is 1.50. The minimum atomic E-state index is -0.872. The molecule has 0 saturated carbocycles. The molecule has 1 atom stereocenters. The van der Waals surface area contributed by atoms with Gasteiger partial charge in [-0.05, 0) is 37.3 Å². The lowest BCUT2D eigenvalue weighted by Crippen LogP contribution is -2.37. The Bertz CT molecular complexity index is 1360. The molecule has 0 fully saturated rings. The van der Waals surface area contributed by atoms with Crippen LogP contribution >= 0.6 is 0 Å². The van der Waals surface area contributed by atoms with Gasteiger partial charge in [-0.1, -0.05) is 48.5 Å². The fourth-order valence-corrected chi connectivity index (χ4v) is 3.70. The number of benzene rings is 3. The highest BCUT2D eigenvalue weighted by Crippen LogP contribution is 2.33. The average Bonchev–Trinajstić information content (AvgIpc) is 3.22. The number of anilines is 2. The highest BCUT2D eigenvalue weighted by atomic mass is 19.1. The number of oxazole rings is 1. The molecule has 5 rings (SSSR count). The maximum absolute atomic E-state index is 14.8. The highest BCUT2D eigenvalue weighted by molar-refractivity contribution is 6.07. The van der Waals surface area contributed by atoms with E-state index in [2.05, 4.69) is 25.9 Å². The Morgan fingerprint density at radius 1 is 1.00 bits per heavy atom. The lowest BCUT2D eigenvalue weighted by atomic mass is 9.95. The number of guanidine groups is 1. The van der Waals surface area contributed by atoms with E-state index in [0.29, 0.717) is 34.0 Å². The Labute approximate surface area is 189 Å². The van der Waals surface area contributed by atoms with Crippen molar-refractivity contribution in [2.75, 3.05) is 10.6 Å². The number of nitrogens with one attached hydrogen (secondary N) is 3. The third-order valence-corrected chi connectivity index (χ3v) is 5.24. The van der Waals surface area contributed by atoms with Gasteiger partial charge in [-0.3, -0.25) is 10.1 Å². The molecule has 0 spiro atoms. The van der Waals surface area contributed by atoms with Gasteiger partial charge in [0.1, 0.15) is 17.4 Å². The molecule has 0 aliphatic carbocycles. The summed E-state index contributed by atoms with van der Waals surface area (Å²) in [7, 11) is 0. The molecule has 0 saturated heterocycles. The van der Waals surface area contributed by atoms with Crippen LogP contribution in [-0.2, 0) is 4.79 Å². The molecule has 3 N–H and O–H groups in total. The number of aliphatic imine (C=N–C) groups is 1. The summed E-state index contributed by atoms with van der Waals surface area (Å²) in [6, 6.07) is 22.1. The van der Waals surface area contributed by atoms with E-state index in [9.17, 15) is 9.18 Å². The van der Waals surface area contributed by atoms with Gasteiger partial charge < -0.3 is 15.1 Å². The minimum Gasteiger partial charge on any atom is -0.423 e. The lowest BCUT2D eigenvalue weighted by Gasteiger charge is -2.26. The van der Waals surface area contributed by atoms with Crippen LogP contribution < -0.4 is 16.0 Å². The first-order chi connectivity index (χ1) is 16.1. The summed E-state index contributed by atoms with van der Waals surface area (Å²) < 4.78 is 20.5. The van der Waals surface area contributed by atoms with Crippen LogP contribution in [0.2, 0.25) is 0 Å². The van der Waals surface area contributed by atoms with Gasteiger partial charge >= 0.3 is 6.01 Å². The summed E-state index contributed by atoms with van der Waals surface area (Å²) in [6.45, 7) is 1.75. The van der Waals surface area contributed by atoms with E-state index in [0.717, 1.165) is 0 Å². The van der Waals surface area contributed by atoms with Crippen molar-refractivity contribution in [3.8, 4) is 0 Å². The van der Waals surface area contributed by atoms with Gasteiger partial charge in [0.15, 0.2) is 5.58 Å². The fraction of sp³-hybridized carbons (Fsp3) is 0.0800. The van der Waals surface area contributed by atoms with E-state index in [-0.39, 0.29) is 17.5 Å². The fourth-order valence-electron chi connectivity index (χ4n) is 3.70. The molecule has 0 radical (unpaired) electrons. The molecular formula is C25H20FN5O2. The molecular weight excluding hydrogens is 421 g/mol. The van der Waals surface area contributed by atoms with Crippen LogP contribution in [-0.4, -0.2) is 16.9 Å². The van der Waals surface area contributed by atoms with E-state index in [1.54, 1.807) is 37.3 Å². The molecule has 0 bridgehead atoms. The summed E-state index contributed by atoms with van der Waals surface area (Å²) in [5.74, 6) is -0.528. The number of carbonyl (C=O) groups is 1. The van der Waals surface area contributed by atoms with E-state index in [4.69, 9.17) is 4.42 Å². The van der Waals surface area contributed by atoms with E-state index >= 15 is 0 Å². The predicted octanol–water partition coefficient (Wildman–Crippen LogP) is 4.99. The van der Waals surface area contributed by atoms with Gasteiger partial charge in [-0.25, -0.2) is 9.38 Å². The predicted molar refractivity (Wildman–Crippen MR) is 125 cm³/mol. The standard InChI is InChI=1S/C25H20FN5O2/c1-15-21(23(32)28-16-9-3-2-4-10-16)22(17-11-5-6-12-18(17)26)30-24(27-15)31-25-29-19-13-7-8-14-20(19)33-25/h2-14,22H,1H3,(H,28,32)(H2,27,29,30,31)/t22-/m1/s1. The molecule has 164 valence electrons. The zero-order chi connectivity index (χ0) is 22.8. The van der Waals surface area contributed by atoms with Crippen molar-refractivity contribution in [2.24, 2.45) is 4.99 Å². The van der Waals surface area contributed by atoms with Crippen LogP contribution in [0.5, 0.6) is 0 Å². The summed E-state index contributed by atoms with van der Waals surface area (Å²) in [5, 5.41) is 8.95. The number of allylic oxidation sites excluding steroid dienone is 1. The lowest BCUT2D eigenvalue weighted by molar-refractivity contribution is -0.113.